The fraction of sp³-hybridized carbons (Fsp3) is 0.185. The maximum atomic E-state index is 11.3. The van der Waals surface area contributed by atoms with Crippen molar-refractivity contribution >= 4 is 79.5 Å². The third kappa shape index (κ3) is 3.71. The zero-order valence-corrected chi connectivity index (χ0v) is 21.0. The minimum atomic E-state index is -0.616. The Morgan fingerprint density at radius 3 is 2.12 bits per heavy atom. The van der Waals surface area contributed by atoms with Crippen molar-refractivity contribution in [1.82, 2.24) is 4.57 Å². The molecule has 1 N–H and O–H groups in total. The van der Waals surface area contributed by atoms with Crippen LogP contribution in [0.25, 0.3) is 27.4 Å². The van der Waals surface area contributed by atoms with Crippen LogP contribution >= 0.6 is 46.4 Å². The quantitative estimate of drug-likeness (QED) is 0.291. The predicted octanol–water partition coefficient (Wildman–Crippen LogP) is 7.91. The van der Waals surface area contributed by atoms with Crippen molar-refractivity contribution in [2.75, 3.05) is 11.4 Å². The smallest absolute Gasteiger partial charge is 0.0894 e. The highest BCUT2D eigenvalue weighted by molar-refractivity contribution is 6.33. The molecule has 2 heterocycles. The average Bonchev–Trinajstić information content (AvgIpc) is 3.25. The van der Waals surface area contributed by atoms with Crippen molar-refractivity contribution in [3.05, 3.63) is 92.4 Å². The van der Waals surface area contributed by atoms with Gasteiger partial charge in [0.2, 0.25) is 0 Å². The van der Waals surface area contributed by atoms with Gasteiger partial charge in [-0.15, -0.1) is 0 Å². The fourth-order valence-corrected chi connectivity index (χ4v) is 6.05. The van der Waals surface area contributed by atoms with Gasteiger partial charge in [-0.1, -0.05) is 52.5 Å². The van der Waals surface area contributed by atoms with E-state index >= 15 is 0 Å². The van der Waals surface area contributed by atoms with Crippen molar-refractivity contribution in [2.24, 2.45) is 0 Å². The Morgan fingerprint density at radius 1 is 0.824 bits per heavy atom. The summed E-state index contributed by atoms with van der Waals surface area (Å²) in [7, 11) is 0. The molecule has 1 aromatic heterocycles. The molecule has 0 spiro atoms. The van der Waals surface area contributed by atoms with Gasteiger partial charge in [-0.3, -0.25) is 0 Å². The molecule has 2 aliphatic rings. The molecular formula is C27H20Cl4N2O. The molecule has 1 aliphatic heterocycles. The SMILES string of the molecule is OC(CN1c2ccc(Cl)cc2C2=CC(Cl)=CCC21)Cn1c2ccc(Cl)cc2c2cc(Cl)ccc21. The number of fused-ring (bicyclic) bond motifs is 6. The summed E-state index contributed by atoms with van der Waals surface area (Å²) >= 11 is 25.2. The monoisotopic (exact) mass is 528 g/mol. The average molecular weight is 530 g/mol. The minimum Gasteiger partial charge on any atom is -0.389 e. The van der Waals surface area contributed by atoms with E-state index in [2.05, 4.69) is 9.47 Å². The minimum absolute atomic E-state index is 0.126. The number of hydrogen-bond donors (Lipinski definition) is 1. The zero-order valence-electron chi connectivity index (χ0n) is 18.0. The lowest BCUT2D eigenvalue weighted by Gasteiger charge is -2.31. The standard InChI is InChI=1S/C27H20Cl4N2O/c28-15-1-5-24-20(9-15)21-10-16(29)2-6-25(21)32(24)13-19(34)14-33-26-7-3-17(30)11-22(26)23-12-18(31)4-8-27(23)33/h1-7,9-12,19,27,34H,8,13-14H2. The normalized spacial score (nSPS) is 18.1. The van der Waals surface area contributed by atoms with Crippen molar-refractivity contribution < 1.29 is 5.11 Å². The second-order valence-electron chi connectivity index (χ2n) is 8.84. The van der Waals surface area contributed by atoms with E-state index in [4.69, 9.17) is 46.4 Å². The number of anilines is 1. The number of benzene rings is 3. The highest BCUT2D eigenvalue weighted by atomic mass is 35.5. The van der Waals surface area contributed by atoms with Crippen LogP contribution in [0.4, 0.5) is 5.69 Å². The Hall–Kier alpha value is -2.14. The number of aliphatic hydroxyl groups is 1. The van der Waals surface area contributed by atoms with Gasteiger partial charge in [-0.2, -0.15) is 0 Å². The highest BCUT2D eigenvalue weighted by Crippen LogP contribution is 2.45. The topological polar surface area (TPSA) is 28.4 Å². The fourth-order valence-electron chi connectivity index (χ4n) is 5.33. The third-order valence-electron chi connectivity index (χ3n) is 6.73. The first kappa shape index (κ1) is 22.3. The zero-order chi connectivity index (χ0) is 23.6. The Labute approximate surface area is 217 Å². The van der Waals surface area contributed by atoms with Gasteiger partial charge >= 0.3 is 0 Å². The number of allylic oxidation sites excluding steroid dienone is 2. The molecule has 6 rings (SSSR count). The molecule has 172 valence electrons. The highest BCUT2D eigenvalue weighted by Gasteiger charge is 2.36. The first-order chi connectivity index (χ1) is 16.4. The second-order valence-corrected chi connectivity index (χ2v) is 10.6. The van der Waals surface area contributed by atoms with Crippen LogP contribution in [-0.4, -0.2) is 28.4 Å². The molecule has 0 fully saturated rings. The van der Waals surface area contributed by atoms with Crippen LogP contribution in [-0.2, 0) is 6.54 Å². The first-order valence-corrected chi connectivity index (χ1v) is 12.6. The van der Waals surface area contributed by atoms with Crippen LogP contribution in [0.3, 0.4) is 0 Å². The molecule has 2 atom stereocenters. The number of aliphatic hydroxyl groups excluding tert-OH is 1. The Kier molecular flexibility index (Phi) is 5.59. The van der Waals surface area contributed by atoms with E-state index in [1.54, 1.807) is 0 Å². The molecule has 0 bridgehead atoms. The number of hydrogen-bond acceptors (Lipinski definition) is 2. The summed E-state index contributed by atoms with van der Waals surface area (Å²) in [5, 5.41) is 16.1. The summed E-state index contributed by atoms with van der Waals surface area (Å²) in [4.78, 5) is 2.27. The van der Waals surface area contributed by atoms with Crippen LogP contribution in [0.15, 0.2) is 71.8 Å². The molecule has 3 nitrogen and oxygen atoms in total. The number of halogens is 4. The van der Waals surface area contributed by atoms with Crippen LogP contribution in [0.5, 0.6) is 0 Å². The summed E-state index contributed by atoms with van der Waals surface area (Å²) < 4.78 is 2.15. The summed E-state index contributed by atoms with van der Waals surface area (Å²) in [6.45, 7) is 0.912. The number of β-amino-alcohol motifs (C(OH)–C–C–N with tert-alkyl or cyclic N) is 1. The van der Waals surface area contributed by atoms with Crippen molar-refractivity contribution in [1.29, 1.82) is 0 Å². The van der Waals surface area contributed by atoms with Gasteiger partial charge in [0.05, 0.1) is 18.7 Å². The molecule has 0 saturated carbocycles. The maximum Gasteiger partial charge on any atom is 0.0894 e. The van der Waals surface area contributed by atoms with E-state index in [9.17, 15) is 5.11 Å². The van der Waals surface area contributed by atoms with Crippen molar-refractivity contribution in [3.63, 3.8) is 0 Å². The first-order valence-electron chi connectivity index (χ1n) is 11.1. The van der Waals surface area contributed by atoms with E-state index in [1.165, 1.54) is 0 Å². The predicted molar refractivity (Wildman–Crippen MR) is 145 cm³/mol. The van der Waals surface area contributed by atoms with Gasteiger partial charge in [0, 0.05) is 59.7 Å². The van der Waals surface area contributed by atoms with Gasteiger partial charge in [0.15, 0.2) is 0 Å². The lowest BCUT2D eigenvalue weighted by Crippen LogP contribution is -2.39. The molecule has 2 unspecified atom stereocenters. The third-order valence-corrected chi connectivity index (χ3v) is 7.70. The van der Waals surface area contributed by atoms with Gasteiger partial charge in [0.1, 0.15) is 0 Å². The summed E-state index contributed by atoms with van der Waals surface area (Å²) in [5.74, 6) is 0. The summed E-state index contributed by atoms with van der Waals surface area (Å²) in [6, 6.07) is 17.7. The molecule has 0 saturated heterocycles. The van der Waals surface area contributed by atoms with E-state index in [1.807, 2.05) is 66.7 Å². The molecule has 34 heavy (non-hydrogen) atoms. The lowest BCUT2D eigenvalue weighted by molar-refractivity contribution is 0.161. The van der Waals surface area contributed by atoms with Crippen LogP contribution in [0, 0.1) is 0 Å². The van der Waals surface area contributed by atoms with Gasteiger partial charge < -0.3 is 14.6 Å². The molecule has 0 radical (unpaired) electrons. The summed E-state index contributed by atoms with van der Waals surface area (Å²) in [5.41, 5.74) is 5.33. The van der Waals surface area contributed by atoms with Gasteiger partial charge in [-0.05, 0) is 72.7 Å². The molecule has 3 aromatic carbocycles. The van der Waals surface area contributed by atoms with E-state index in [0.29, 0.717) is 28.2 Å². The van der Waals surface area contributed by atoms with E-state index < -0.39 is 6.10 Å². The van der Waals surface area contributed by atoms with Crippen LogP contribution in [0.1, 0.15) is 12.0 Å². The van der Waals surface area contributed by atoms with E-state index in [-0.39, 0.29) is 6.04 Å². The largest absolute Gasteiger partial charge is 0.389 e. The Morgan fingerprint density at radius 2 is 1.44 bits per heavy atom. The van der Waals surface area contributed by atoms with Crippen LogP contribution in [0.2, 0.25) is 15.1 Å². The number of rotatable bonds is 4. The van der Waals surface area contributed by atoms with Gasteiger partial charge in [-0.25, -0.2) is 0 Å². The van der Waals surface area contributed by atoms with Gasteiger partial charge in [0.25, 0.3) is 0 Å². The number of aromatic nitrogens is 1. The summed E-state index contributed by atoms with van der Waals surface area (Å²) in [6.07, 6.45) is 4.21. The van der Waals surface area contributed by atoms with Crippen LogP contribution < -0.4 is 4.90 Å². The molecular weight excluding hydrogens is 510 g/mol. The Bertz CT molecular complexity index is 1460. The molecule has 4 aromatic rings. The molecule has 0 amide bonds. The maximum absolute atomic E-state index is 11.3. The number of nitrogens with zero attached hydrogens (tertiary/aromatic N) is 2. The van der Waals surface area contributed by atoms with E-state index in [0.717, 1.165) is 50.1 Å². The molecule has 1 aliphatic carbocycles. The lowest BCUT2D eigenvalue weighted by atomic mass is 9.96. The second kappa shape index (κ2) is 8.51. The van der Waals surface area contributed by atoms with Crippen molar-refractivity contribution in [2.45, 2.75) is 25.1 Å². The molecule has 7 heteroatoms. The Balaban J connectivity index is 1.36. The van der Waals surface area contributed by atoms with Crippen molar-refractivity contribution in [3.8, 4) is 0 Å².